The van der Waals surface area contributed by atoms with Crippen molar-refractivity contribution >= 4 is 39.7 Å². The average Bonchev–Trinajstić information content (AvgIpc) is 2.99. The Morgan fingerprint density at radius 1 is 1.35 bits per heavy atom. The van der Waals surface area contributed by atoms with Crippen LogP contribution in [0.1, 0.15) is 0 Å². The minimum Gasteiger partial charge on any atom is -0.383 e. The molecule has 3 aromatic rings. The highest BCUT2D eigenvalue weighted by Gasteiger charge is 2.19. The Hall–Kier alpha value is -1.41. The maximum absolute atomic E-state index is 13.3. The van der Waals surface area contributed by atoms with Crippen molar-refractivity contribution in [1.82, 2.24) is 9.78 Å². The third-order valence-corrected chi connectivity index (χ3v) is 4.83. The standard InChI is InChI=1S/C14H11FIN3S/c1-19-14(17)12(11-3-2-6-20-11)13(18-19)9-5-4-8(15)7-10(9)16/h2-7H,17H2,1H3. The van der Waals surface area contributed by atoms with E-state index >= 15 is 0 Å². The fraction of sp³-hybridized carbons (Fsp3) is 0.0714. The lowest BCUT2D eigenvalue weighted by atomic mass is 10.1. The van der Waals surface area contributed by atoms with Gasteiger partial charge in [-0.1, -0.05) is 6.07 Å². The van der Waals surface area contributed by atoms with Crippen LogP contribution in [-0.4, -0.2) is 9.78 Å². The maximum Gasteiger partial charge on any atom is 0.130 e. The minimum absolute atomic E-state index is 0.250. The van der Waals surface area contributed by atoms with Gasteiger partial charge < -0.3 is 5.73 Å². The minimum atomic E-state index is -0.250. The number of halogens is 2. The molecular weight excluding hydrogens is 388 g/mol. The molecule has 3 rings (SSSR count). The van der Waals surface area contributed by atoms with Gasteiger partial charge in [-0.2, -0.15) is 5.10 Å². The van der Waals surface area contributed by atoms with Crippen LogP contribution in [0.4, 0.5) is 10.2 Å². The van der Waals surface area contributed by atoms with E-state index in [9.17, 15) is 4.39 Å². The van der Waals surface area contributed by atoms with E-state index in [2.05, 4.69) is 27.7 Å². The average molecular weight is 399 g/mol. The largest absolute Gasteiger partial charge is 0.383 e. The molecule has 0 saturated carbocycles. The van der Waals surface area contributed by atoms with Crippen molar-refractivity contribution in [3.8, 4) is 21.7 Å². The maximum atomic E-state index is 13.3. The molecular formula is C14H11FIN3S. The van der Waals surface area contributed by atoms with Crippen molar-refractivity contribution in [3.63, 3.8) is 0 Å². The first kappa shape index (κ1) is 13.6. The molecule has 0 radical (unpaired) electrons. The fourth-order valence-corrected chi connectivity index (χ4v) is 3.58. The number of thiophene rings is 1. The summed E-state index contributed by atoms with van der Waals surface area (Å²) in [5.74, 6) is 0.363. The predicted octanol–water partition coefficient (Wildman–Crippen LogP) is 4.14. The van der Waals surface area contributed by atoms with E-state index < -0.39 is 0 Å². The van der Waals surface area contributed by atoms with Crippen LogP contribution in [0, 0.1) is 9.39 Å². The van der Waals surface area contributed by atoms with Crippen LogP contribution in [0.3, 0.4) is 0 Å². The summed E-state index contributed by atoms with van der Waals surface area (Å²) in [7, 11) is 1.81. The second-order valence-electron chi connectivity index (χ2n) is 4.33. The fourth-order valence-electron chi connectivity index (χ4n) is 2.07. The van der Waals surface area contributed by atoms with Crippen molar-refractivity contribution in [1.29, 1.82) is 0 Å². The van der Waals surface area contributed by atoms with Gasteiger partial charge in [0.15, 0.2) is 0 Å². The number of nitrogen functional groups attached to an aromatic ring is 1. The molecule has 20 heavy (non-hydrogen) atoms. The van der Waals surface area contributed by atoms with Gasteiger partial charge in [0.2, 0.25) is 0 Å². The van der Waals surface area contributed by atoms with Crippen molar-refractivity contribution in [3.05, 3.63) is 45.1 Å². The van der Waals surface area contributed by atoms with Gasteiger partial charge in [-0.3, -0.25) is 4.68 Å². The van der Waals surface area contributed by atoms with E-state index in [1.54, 1.807) is 22.1 Å². The van der Waals surface area contributed by atoms with Gasteiger partial charge in [-0.15, -0.1) is 11.3 Å². The van der Waals surface area contributed by atoms with Crippen LogP contribution in [0.15, 0.2) is 35.7 Å². The van der Waals surface area contributed by atoms with Gasteiger partial charge in [0.05, 0.1) is 5.56 Å². The third-order valence-electron chi connectivity index (χ3n) is 3.05. The van der Waals surface area contributed by atoms with Crippen LogP contribution < -0.4 is 5.73 Å². The lowest BCUT2D eigenvalue weighted by Gasteiger charge is -2.04. The molecule has 0 unspecified atom stereocenters. The molecule has 0 saturated heterocycles. The summed E-state index contributed by atoms with van der Waals surface area (Å²) in [5.41, 5.74) is 8.73. The predicted molar refractivity (Wildman–Crippen MR) is 89.0 cm³/mol. The number of nitrogens with two attached hydrogens (primary N) is 1. The zero-order valence-electron chi connectivity index (χ0n) is 10.6. The second kappa shape index (κ2) is 5.17. The molecule has 102 valence electrons. The Morgan fingerprint density at radius 2 is 2.15 bits per heavy atom. The molecule has 2 heterocycles. The molecule has 6 heteroatoms. The first-order valence-electron chi connectivity index (χ1n) is 5.89. The molecule has 2 aromatic heterocycles. The topological polar surface area (TPSA) is 43.8 Å². The Morgan fingerprint density at radius 3 is 2.80 bits per heavy atom. The van der Waals surface area contributed by atoms with E-state index in [0.717, 1.165) is 25.3 Å². The van der Waals surface area contributed by atoms with Crippen LogP contribution in [0.5, 0.6) is 0 Å². The molecule has 0 spiro atoms. The van der Waals surface area contributed by atoms with E-state index in [1.165, 1.54) is 12.1 Å². The summed E-state index contributed by atoms with van der Waals surface area (Å²) in [5, 5.41) is 6.50. The highest BCUT2D eigenvalue weighted by atomic mass is 127. The number of aromatic nitrogens is 2. The van der Waals surface area contributed by atoms with Gasteiger partial charge in [0.1, 0.15) is 17.3 Å². The molecule has 0 amide bonds. The molecule has 3 nitrogen and oxygen atoms in total. The van der Waals surface area contributed by atoms with Crippen LogP contribution >= 0.6 is 33.9 Å². The molecule has 0 atom stereocenters. The summed E-state index contributed by atoms with van der Waals surface area (Å²) < 4.78 is 15.7. The molecule has 1 aromatic carbocycles. The van der Waals surface area contributed by atoms with E-state index in [0.29, 0.717) is 5.82 Å². The van der Waals surface area contributed by atoms with Gasteiger partial charge in [0.25, 0.3) is 0 Å². The van der Waals surface area contributed by atoms with E-state index in [4.69, 9.17) is 5.73 Å². The Bertz CT molecular complexity index is 765. The van der Waals surface area contributed by atoms with Crippen molar-refractivity contribution in [2.24, 2.45) is 7.05 Å². The second-order valence-corrected chi connectivity index (χ2v) is 6.44. The van der Waals surface area contributed by atoms with Crippen molar-refractivity contribution in [2.75, 3.05) is 5.73 Å². The Kier molecular flexibility index (Phi) is 3.51. The number of benzene rings is 1. The summed E-state index contributed by atoms with van der Waals surface area (Å²) in [6.07, 6.45) is 0. The smallest absolute Gasteiger partial charge is 0.130 e. The first-order valence-corrected chi connectivity index (χ1v) is 7.85. The highest BCUT2D eigenvalue weighted by Crippen LogP contribution is 2.39. The summed E-state index contributed by atoms with van der Waals surface area (Å²) in [6.45, 7) is 0. The zero-order valence-corrected chi connectivity index (χ0v) is 13.6. The van der Waals surface area contributed by atoms with Gasteiger partial charge >= 0.3 is 0 Å². The molecule has 0 fully saturated rings. The summed E-state index contributed by atoms with van der Waals surface area (Å²) in [4.78, 5) is 1.06. The number of anilines is 1. The normalized spacial score (nSPS) is 10.9. The van der Waals surface area contributed by atoms with Crippen LogP contribution in [-0.2, 0) is 7.05 Å². The van der Waals surface area contributed by atoms with Crippen LogP contribution in [0.2, 0.25) is 0 Å². The van der Waals surface area contributed by atoms with Gasteiger partial charge in [0, 0.05) is 21.1 Å². The number of hydrogen-bond donors (Lipinski definition) is 1. The summed E-state index contributed by atoms with van der Waals surface area (Å²) >= 11 is 3.73. The quantitative estimate of drug-likeness (QED) is 0.659. The molecule has 0 aliphatic heterocycles. The number of rotatable bonds is 2. The molecule has 2 N–H and O–H groups in total. The number of aryl methyl sites for hydroxylation is 1. The monoisotopic (exact) mass is 399 g/mol. The van der Waals surface area contributed by atoms with Crippen LogP contribution in [0.25, 0.3) is 21.7 Å². The van der Waals surface area contributed by atoms with Gasteiger partial charge in [-0.25, -0.2) is 4.39 Å². The first-order chi connectivity index (χ1) is 9.58. The lowest BCUT2D eigenvalue weighted by molar-refractivity contribution is 0.627. The summed E-state index contributed by atoms with van der Waals surface area (Å²) in [6, 6.07) is 8.68. The third kappa shape index (κ3) is 2.22. The number of nitrogens with zero attached hydrogens (tertiary/aromatic N) is 2. The van der Waals surface area contributed by atoms with Gasteiger partial charge in [-0.05, 0) is 52.2 Å². The van der Waals surface area contributed by atoms with Crippen molar-refractivity contribution < 1.29 is 4.39 Å². The molecule has 0 aliphatic carbocycles. The Labute approximate surface area is 133 Å². The Balaban J connectivity index is 2.27. The molecule has 0 bridgehead atoms. The van der Waals surface area contributed by atoms with E-state index in [1.807, 2.05) is 24.6 Å². The lowest BCUT2D eigenvalue weighted by Crippen LogP contribution is -1.97. The SMILES string of the molecule is Cn1nc(-c2ccc(F)cc2I)c(-c2cccs2)c1N. The van der Waals surface area contributed by atoms with Crippen molar-refractivity contribution in [2.45, 2.75) is 0 Å². The number of hydrogen-bond acceptors (Lipinski definition) is 3. The molecule has 0 aliphatic rings. The zero-order chi connectivity index (χ0) is 14.3. The van der Waals surface area contributed by atoms with E-state index in [-0.39, 0.29) is 5.82 Å². The highest BCUT2D eigenvalue weighted by molar-refractivity contribution is 14.1.